The van der Waals surface area contributed by atoms with Crippen molar-refractivity contribution in [2.45, 2.75) is 30.7 Å². The summed E-state index contributed by atoms with van der Waals surface area (Å²) in [6.45, 7) is 3.79. The van der Waals surface area contributed by atoms with Crippen molar-refractivity contribution in [2.75, 3.05) is 0 Å². The van der Waals surface area contributed by atoms with E-state index in [4.69, 9.17) is 0 Å². The van der Waals surface area contributed by atoms with E-state index in [-0.39, 0.29) is 0 Å². The molecule has 0 aliphatic heterocycles. The Morgan fingerprint density at radius 3 is 2.61 bits per heavy atom. The Labute approximate surface area is 112 Å². The summed E-state index contributed by atoms with van der Waals surface area (Å²) in [5.74, 6) is 0.919. The van der Waals surface area contributed by atoms with Gasteiger partial charge in [0.15, 0.2) is 0 Å². The molecule has 0 spiro atoms. The maximum absolute atomic E-state index is 9.50. The second-order valence-electron chi connectivity index (χ2n) is 4.34. The monoisotopic (exact) mass is 259 g/mol. The number of hydrogen-bond donors (Lipinski definition) is 1. The molecule has 0 saturated heterocycles. The fourth-order valence-electron chi connectivity index (χ4n) is 1.69. The Morgan fingerprint density at radius 1 is 1.28 bits per heavy atom. The first-order chi connectivity index (χ1) is 8.66. The molecule has 0 aliphatic rings. The second kappa shape index (κ2) is 6.03. The van der Waals surface area contributed by atoms with Gasteiger partial charge in [-0.15, -0.1) is 11.8 Å². The van der Waals surface area contributed by atoms with Crippen molar-refractivity contribution in [3.8, 4) is 0 Å². The Bertz CT molecular complexity index is 511. The molecule has 0 bridgehead atoms. The van der Waals surface area contributed by atoms with Crippen LogP contribution in [0.1, 0.15) is 29.7 Å². The average molecular weight is 259 g/mol. The highest BCUT2D eigenvalue weighted by Gasteiger charge is 2.06. The zero-order chi connectivity index (χ0) is 13.0. The molecule has 0 amide bonds. The molecule has 0 fully saturated rings. The number of thioether (sulfide) groups is 1. The summed E-state index contributed by atoms with van der Waals surface area (Å²) in [5, 5.41) is 10.5. The first kappa shape index (κ1) is 13.1. The van der Waals surface area contributed by atoms with Crippen molar-refractivity contribution in [2.24, 2.45) is 0 Å². The summed E-state index contributed by atoms with van der Waals surface area (Å²) in [5.41, 5.74) is 3.29. The molecule has 3 heteroatoms. The number of aryl methyl sites for hydroxylation is 1. The lowest BCUT2D eigenvalue weighted by Crippen LogP contribution is -1.95. The molecule has 0 radical (unpaired) electrons. The van der Waals surface area contributed by atoms with Crippen molar-refractivity contribution in [1.29, 1.82) is 0 Å². The first-order valence-corrected chi connectivity index (χ1v) is 6.96. The lowest BCUT2D eigenvalue weighted by Gasteiger charge is -2.09. The number of benzene rings is 1. The highest BCUT2D eigenvalue weighted by atomic mass is 32.2. The Hall–Kier alpha value is -1.32. The topological polar surface area (TPSA) is 33.1 Å². The fourth-order valence-corrected chi connectivity index (χ4v) is 2.60. The van der Waals surface area contributed by atoms with Gasteiger partial charge in [0.1, 0.15) is 0 Å². The van der Waals surface area contributed by atoms with E-state index in [1.165, 1.54) is 5.56 Å². The van der Waals surface area contributed by atoms with Crippen molar-refractivity contribution in [3.05, 3.63) is 59.3 Å². The number of nitrogens with zero attached hydrogens (tertiary/aromatic N) is 1. The normalized spacial score (nSPS) is 12.4. The summed E-state index contributed by atoms with van der Waals surface area (Å²) >= 11 is 1.73. The van der Waals surface area contributed by atoms with E-state index in [0.29, 0.717) is 0 Å². The van der Waals surface area contributed by atoms with E-state index in [1.807, 2.05) is 31.2 Å². The molecule has 0 aliphatic carbocycles. The van der Waals surface area contributed by atoms with E-state index < -0.39 is 6.10 Å². The molecular weight excluding hydrogens is 242 g/mol. The summed E-state index contributed by atoms with van der Waals surface area (Å²) in [6, 6.07) is 12.4. The first-order valence-electron chi connectivity index (χ1n) is 5.98. The number of rotatable bonds is 4. The van der Waals surface area contributed by atoms with Gasteiger partial charge in [0.2, 0.25) is 0 Å². The van der Waals surface area contributed by atoms with Gasteiger partial charge >= 0.3 is 0 Å². The standard InChI is InChI=1S/C15H17NOS/c1-11-8-14(12(2)17)9-16-15(11)18-10-13-6-4-3-5-7-13/h3-9,12,17H,10H2,1-2H3/t12-/m1/s1. The van der Waals surface area contributed by atoms with Gasteiger partial charge in [0.25, 0.3) is 0 Å². The average Bonchev–Trinajstić information content (AvgIpc) is 2.38. The quantitative estimate of drug-likeness (QED) is 0.849. The van der Waals surface area contributed by atoms with Crippen molar-refractivity contribution < 1.29 is 5.11 Å². The van der Waals surface area contributed by atoms with Gasteiger partial charge in [0.05, 0.1) is 11.1 Å². The lowest BCUT2D eigenvalue weighted by atomic mass is 10.1. The fraction of sp³-hybridized carbons (Fsp3) is 0.267. The minimum absolute atomic E-state index is 0.454. The Morgan fingerprint density at radius 2 is 2.00 bits per heavy atom. The SMILES string of the molecule is Cc1cc([C@@H](C)O)cnc1SCc1ccccc1. The number of pyridine rings is 1. The van der Waals surface area contributed by atoms with E-state index in [9.17, 15) is 5.11 Å². The van der Waals surface area contributed by atoms with Crippen LogP contribution in [-0.2, 0) is 5.75 Å². The van der Waals surface area contributed by atoms with Crippen molar-refractivity contribution >= 4 is 11.8 Å². The van der Waals surface area contributed by atoms with Gasteiger partial charge in [-0.1, -0.05) is 30.3 Å². The number of hydrogen-bond acceptors (Lipinski definition) is 3. The van der Waals surface area contributed by atoms with Crippen LogP contribution in [0.3, 0.4) is 0 Å². The van der Waals surface area contributed by atoms with Gasteiger partial charge < -0.3 is 5.11 Å². The third-order valence-electron chi connectivity index (χ3n) is 2.75. The number of aliphatic hydroxyl groups excluding tert-OH is 1. The molecule has 1 heterocycles. The molecule has 0 unspecified atom stereocenters. The van der Waals surface area contributed by atoms with Gasteiger partial charge in [-0.05, 0) is 36.6 Å². The van der Waals surface area contributed by atoms with Gasteiger partial charge in [-0.3, -0.25) is 0 Å². The summed E-state index contributed by atoms with van der Waals surface area (Å²) < 4.78 is 0. The zero-order valence-corrected chi connectivity index (χ0v) is 11.4. The number of aliphatic hydroxyl groups is 1. The third-order valence-corrected chi connectivity index (χ3v) is 3.93. The summed E-state index contributed by atoms with van der Waals surface area (Å²) in [4.78, 5) is 4.42. The maximum atomic E-state index is 9.50. The molecule has 2 rings (SSSR count). The molecule has 94 valence electrons. The molecule has 1 aromatic heterocycles. The Balaban J connectivity index is 2.06. The molecule has 18 heavy (non-hydrogen) atoms. The van der Waals surface area contributed by atoms with Crippen molar-refractivity contribution in [1.82, 2.24) is 4.98 Å². The van der Waals surface area contributed by atoms with E-state index >= 15 is 0 Å². The van der Waals surface area contributed by atoms with Crippen LogP contribution < -0.4 is 0 Å². The van der Waals surface area contributed by atoms with Crippen LogP contribution >= 0.6 is 11.8 Å². The van der Waals surface area contributed by atoms with Gasteiger partial charge in [0, 0.05) is 11.9 Å². The predicted molar refractivity (Wildman–Crippen MR) is 75.6 cm³/mol. The highest BCUT2D eigenvalue weighted by Crippen LogP contribution is 2.25. The Kier molecular flexibility index (Phi) is 4.39. The smallest absolute Gasteiger partial charge is 0.0992 e. The van der Waals surface area contributed by atoms with E-state index in [2.05, 4.69) is 17.1 Å². The molecule has 1 atom stereocenters. The molecule has 1 N–H and O–H groups in total. The summed E-state index contributed by atoms with van der Waals surface area (Å²) in [6.07, 6.45) is 1.30. The largest absolute Gasteiger partial charge is 0.389 e. The maximum Gasteiger partial charge on any atom is 0.0992 e. The molecule has 2 aromatic rings. The molecule has 0 saturated carbocycles. The van der Waals surface area contributed by atoms with Crippen molar-refractivity contribution in [3.63, 3.8) is 0 Å². The van der Waals surface area contributed by atoms with Crippen LogP contribution in [0.4, 0.5) is 0 Å². The molecular formula is C15H17NOS. The van der Waals surface area contributed by atoms with Crippen LogP contribution in [0.25, 0.3) is 0 Å². The molecule has 1 aromatic carbocycles. The van der Waals surface area contributed by atoms with Crippen LogP contribution in [0.15, 0.2) is 47.6 Å². The lowest BCUT2D eigenvalue weighted by molar-refractivity contribution is 0.198. The van der Waals surface area contributed by atoms with Crippen LogP contribution in [-0.4, -0.2) is 10.1 Å². The van der Waals surface area contributed by atoms with Gasteiger partial charge in [-0.2, -0.15) is 0 Å². The minimum atomic E-state index is -0.454. The van der Waals surface area contributed by atoms with Gasteiger partial charge in [-0.25, -0.2) is 4.98 Å². The minimum Gasteiger partial charge on any atom is -0.389 e. The predicted octanol–water partition coefficient (Wildman–Crippen LogP) is 3.74. The van der Waals surface area contributed by atoms with E-state index in [1.54, 1.807) is 24.9 Å². The summed E-state index contributed by atoms with van der Waals surface area (Å²) in [7, 11) is 0. The molecule has 2 nitrogen and oxygen atoms in total. The highest BCUT2D eigenvalue weighted by molar-refractivity contribution is 7.98. The second-order valence-corrected chi connectivity index (χ2v) is 5.30. The van der Waals surface area contributed by atoms with Crippen LogP contribution in [0.2, 0.25) is 0 Å². The van der Waals surface area contributed by atoms with Crippen LogP contribution in [0, 0.1) is 6.92 Å². The number of aromatic nitrogens is 1. The third kappa shape index (κ3) is 3.34. The zero-order valence-electron chi connectivity index (χ0n) is 10.6. The van der Waals surface area contributed by atoms with Crippen LogP contribution in [0.5, 0.6) is 0 Å². The van der Waals surface area contributed by atoms with E-state index in [0.717, 1.165) is 21.9 Å².